The number of rotatable bonds is 1. The maximum absolute atomic E-state index is 6.04. The maximum Gasteiger partial charge on any atom is 0.185 e. The molecule has 2 heterocycles. The van der Waals surface area contributed by atoms with Crippen molar-refractivity contribution in [2.75, 3.05) is 13.1 Å². The van der Waals surface area contributed by atoms with Crippen molar-refractivity contribution >= 4 is 28.9 Å². The van der Waals surface area contributed by atoms with Crippen molar-refractivity contribution < 1.29 is 0 Å². The Morgan fingerprint density at radius 3 is 2.94 bits per heavy atom. The second kappa shape index (κ2) is 4.44. The van der Waals surface area contributed by atoms with E-state index in [9.17, 15) is 0 Å². The van der Waals surface area contributed by atoms with E-state index < -0.39 is 0 Å². The lowest BCUT2D eigenvalue weighted by molar-refractivity contribution is 0.00344. The highest BCUT2D eigenvalue weighted by atomic mass is 35.5. The monoisotopic (exact) mass is 267 g/mol. The second-order valence-corrected chi connectivity index (χ2v) is 5.22. The summed E-state index contributed by atoms with van der Waals surface area (Å²) in [6, 6.07) is 7.96. The zero-order valence-corrected chi connectivity index (χ0v) is 11.0. The second-order valence-electron chi connectivity index (χ2n) is 4.40. The smallest absolute Gasteiger partial charge is 0.185 e. The summed E-state index contributed by atoms with van der Waals surface area (Å²) in [4.78, 5) is 0. The Bertz CT molecular complexity index is 451. The van der Waals surface area contributed by atoms with E-state index in [0.717, 1.165) is 23.2 Å². The highest BCUT2D eigenvalue weighted by molar-refractivity contribution is 7.80. The fourth-order valence-electron chi connectivity index (χ4n) is 2.47. The highest BCUT2D eigenvalue weighted by Crippen LogP contribution is 2.30. The predicted molar refractivity (Wildman–Crippen MR) is 72.6 cm³/mol. The van der Waals surface area contributed by atoms with Crippen LogP contribution in [0.3, 0.4) is 0 Å². The van der Waals surface area contributed by atoms with Crippen LogP contribution in [0, 0.1) is 0 Å². The molecule has 0 amide bonds. The van der Waals surface area contributed by atoms with Crippen LogP contribution in [0.1, 0.15) is 24.6 Å². The van der Waals surface area contributed by atoms with Crippen LogP contribution in [0.5, 0.6) is 0 Å². The molecule has 1 aromatic rings. The van der Waals surface area contributed by atoms with Gasteiger partial charge in [-0.2, -0.15) is 5.01 Å². The van der Waals surface area contributed by atoms with Crippen molar-refractivity contribution in [3.8, 4) is 0 Å². The molecular formula is C12H14ClN3S. The van der Waals surface area contributed by atoms with Crippen LogP contribution in [-0.4, -0.2) is 28.2 Å². The first-order valence-corrected chi connectivity index (χ1v) is 6.64. The molecule has 0 spiro atoms. The molecule has 0 saturated carbocycles. The summed E-state index contributed by atoms with van der Waals surface area (Å²) in [7, 11) is 0. The number of hydrazine groups is 1. The molecule has 5 heteroatoms. The summed E-state index contributed by atoms with van der Waals surface area (Å²) in [6.07, 6.45) is 2.57. The number of thiocarbonyl (C=S) groups is 1. The van der Waals surface area contributed by atoms with E-state index >= 15 is 0 Å². The Balaban J connectivity index is 1.91. The van der Waals surface area contributed by atoms with Gasteiger partial charge < -0.3 is 5.32 Å². The van der Waals surface area contributed by atoms with Gasteiger partial charge in [0.2, 0.25) is 0 Å². The Morgan fingerprint density at radius 1 is 1.29 bits per heavy atom. The van der Waals surface area contributed by atoms with Gasteiger partial charge in [0.25, 0.3) is 0 Å². The Morgan fingerprint density at radius 2 is 2.12 bits per heavy atom. The van der Waals surface area contributed by atoms with Gasteiger partial charge in [-0.15, -0.1) is 0 Å². The molecule has 1 atom stereocenters. The zero-order chi connectivity index (χ0) is 11.8. The first kappa shape index (κ1) is 11.3. The molecule has 2 aliphatic rings. The molecular weight excluding hydrogens is 254 g/mol. The third-order valence-electron chi connectivity index (χ3n) is 3.27. The Hall–Kier alpha value is -0.840. The number of nitrogens with zero attached hydrogens (tertiary/aromatic N) is 2. The Kier molecular flexibility index (Phi) is 2.94. The fraction of sp³-hybridized carbons (Fsp3) is 0.417. The van der Waals surface area contributed by atoms with Gasteiger partial charge in [0, 0.05) is 18.1 Å². The van der Waals surface area contributed by atoms with E-state index in [1.54, 1.807) is 0 Å². The molecule has 0 aromatic heterocycles. The lowest BCUT2D eigenvalue weighted by atomic mass is 10.1. The predicted octanol–water partition coefficient (Wildman–Crippen LogP) is 2.54. The molecule has 3 nitrogen and oxygen atoms in total. The summed E-state index contributed by atoms with van der Waals surface area (Å²) < 4.78 is 0. The third kappa shape index (κ3) is 2.01. The van der Waals surface area contributed by atoms with Crippen molar-refractivity contribution in [2.24, 2.45) is 0 Å². The van der Waals surface area contributed by atoms with Crippen LogP contribution in [0.4, 0.5) is 0 Å². The summed E-state index contributed by atoms with van der Waals surface area (Å²) in [5, 5.41) is 9.44. The van der Waals surface area contributed by atoms with Crippen LogP contribution in [-0.2, 0) is 0 Å². The van der Waals surface area contributed by atoms with E-state index in [0.29, 0.717) is 0 Å². The lowest BCUT2D eigenvalue weighted by Crippen LogP contribution is -2.44. The molecule has 2 fully saturated rings. The van der Waals surface area contributed by atoms with E-state index in [4.69, 9.17) is 23.8 Å². The third-order valence-corrected chi connectivity index (χ3v) is 3.84. The Labute approximate surface area is 111 Å². The molecule has 1 unspecified atom stereocenters. The van der Waals surface area contributed by atoms with E-state index in [-0.39, 0.29) is 6.17 Å². The molecule has 1 N–H and O–H groups in total. The average molecular weight is 268 g/mol. The van der Waals surface area contributed by atoms with Gasteiger partial charge in [-0.05, 0) is 42.8 Å². The molecule has 90 valence electrons. The minimum atomic E-state index is 0.140. The molecule has 17 heavy (non-hydrogen) atoms. The van der Waals surface area contributed by atoms with Gasteiger partial charge in [-0.25, -0.2) is 0 Å². The quantitative estimate of drug-likeness (QED) is 0.788. The first-order valence-electron chi connectivity index (χ1n) is 5.86. The van der Waals surface area contributed by atoms with Crippen LogP contribution >= 0.6 is 23.8 Å². The summed E-state index contributed by atoms with van der Waals surface area (Å²) in [5.74, 6) is 0. The van der Waals surface area contributed by atoms with Crippen LogP contribution < -0.4 is 5.32 Å². The van der Waals surface area contributed by atoms with Gasteiger partial charge >= 0.3 is 0 Å². The number of nitrogens with one attached hydrogen (secondary N) is 1. The number of benzene rings is 1. The van der Waals surface area contributed by atoms with Gasteiger partial charge in [0.1, 0.15) is 6.17 Å². The van der Waals surface area contributed by atoms with Crippen molar-refractivity contribution in [2.45, 2.75) is 19.0 Å². The van der Waals surface area contributed by atoms with Crippen molar-refractivity contribution in [1.82, 2.24) is 15.3 Å². The molecule has 2 saturated heterocycles. The van der Waals surface area contributed by atoms with Crippen molar-refractivity contribution in [3.05, 3.63) is 34.9 Å². The highest BCUT2D eigenvalue weighted by Gasteiger charge is 2.36. The van der Waals surface area contributed by atoms with Crippen molar-refractivity contribution in [3.63, 3.8) is 0 Å². The van der Waals surface area contributed by atoms with Crippen LogP contribution in [0.25, 0.3) is 0 Å². The topological polar surface area (TPSA) is 18.5 Å². The standard InChI is InChI=1S/C12H14ClN3S/c13-10-5-3-4-9(8-10)11-14-12(17)16-7-2-1-6-15(11)16/h3-5,8,11H,1-2,6-7H2,(H,14,17). The van der Waals surface area contributed by atoms with Gasteiger partial charge in [-0.1, -0.05) is 23.7 Å². The molecule has 0 radical (unpaired) electrons. The van der Waals surface area contributed by atoms with E-state index in [1.807, 2.05) is 18.2 Å². The van der Waals surface area contributed by atoms with Crippen LogP contribution in [0.15, 0.2) is 24.3 Å². The van der Waals surface area contributed by atoms with E-state index in [2.05, 4.69) is 21.4 Å². The molecule has 0 bridgehead atoms. The number of hydrogen-bond donors (Lipinski definition) is 1. The molecule has 0 aliphatic carbocycles. The molecule has 2 aliphatic heterocycles. The zero-order valence-electron chi connectivity index (χ0n) is 9.40. The summed E-state index contributed by atoms with van der Waals surface area (Å²) in [5.41, 5.74) is 1.17. The largest absolute Gasteiger partial charge is 0.340 e. The minimum Gasteiger partial charge on any atom is -0.340 e. The van der Waals surface area contributed by atoms with Gasteiger partial charge in [0.15, 0.2) is 5.11 Å². The minimum absolute atomic E-state index is 0.140. The summed E-state index contributed by atoms with van der Waals surface area (Å²) >= 11 is 11.4. The van der Waals surface area contributed by atoms with E-state index in [1.165, 1.54) is 18.4 Å². The molecule has 1 aromatic carbocycles. The number of fused-ring (bicyclic) bond motifs is 1. The van der Waals surface area contributed by atoms with Gasteiger partial charge in [0.05, 0.1) is 0 Å². The lowest BCUT2D eigenvalue weighted by Gasteiger charge is -2.35. The van der Waals surface area contributed by atoms with Gasteiger partial charge in [-0.3, -0.25) is 5.01 Å². The number of halogens is 1. The summed E-state index contributed by atoms with van der Waals surface area (Å²) in [6.45, 7) is 2.06. The van der Waals surface area contributed by atoms with Crippen LogP contribution in [0.2, 0.25) is 5.02 Å². The normalized spacial score (nSPS) is 24.6. The first-order chi connectivity index (χ1) is 8.25. The SMILES string of the molecule is S=C1NC(c2cccc(Cl)c2)N2CCCCN12. The van der Waals surface area contributed by atoms with Crippen molar-refractivity contribution in [1.29, 1.82) is 0 Å². The fourth-order valence-corrected chi connectivity index (χ4v) is 2.98. The molecule has 3 rings (SSSR count). The number of hydrogen-bond acceptors (Lipinski definition) is 2. The maximum atomic E-state index is 6.04. The average Bonchev–Trinajstić information content (AvgIpc) is 2.68.